The number of rotatable bonds is 2. The fraction of sp³-hybridized carbons (Fsp3) is 0.636. The number of anilines is 1. The van der Waals surface area contributed by atoms with Crippen LogP contribution in [-0.2, 0) is 0 Å². The maximum absolute atomic E-state index is 5.74. The SMILES string of the molecule is CC1CCCCC1Oc1ncc(N)cn1. The van der Waals surface area contributed by atoms with Crippen LogP contribution < -0.4 is 10.5 Å². The highest BCUT2D eigenvalue weighted by Crippen LogP contribution is 2.26. The lowest BCUT2D eigenvalue weighted by Crippen LogP contribution is -2.28. The van der Waals surface area contributed by atoms with E-state index in [4.69, 9.17) is 10.5 Å². The zero-order chi connectivity index (χ0) is 10.7. The van der Waals surface area contributed by atoms with E-state index in [9.17, 15) is 0 Å². The average Bonchev–Trinajstić information content (AvgIpc) is 2.25. The van der Waals surface area contributed by atoms with E-state index in [1.165, 1.54) is 19.3 Å². The fourth-order valence-corrected chi connectivity index (χ4v) is 1.98. The largest absolute Gasteiger partial charge is 0.460 e. The molecular formula is C11H17N3O. The van der Waals surface area contributed by atoms with E-state index in [1.54, 1.807) is 12.4 Å². The van der Waals surface area contributed by atoms with Crippen molar-refractivity contribution in [3.63, 3.8) is 0 Å². The molecule has 1 fully saturated rings. The number of nitrogen functional groups attached to an aromatic ring is 1. The average molecular weight is 207 g/mol. The first-order chi connectivity index (χ1) is 7.25. The minimum absolute atomic E-state index is 0.266. The van der Waals surface area contributed by atoms with Crippen molar-refractivity contribution < 1.29 is 4.74 Å². The summed E-state index contributed by atoms with van der Waals surface area (Å²) >= 11 is 0. The smallest absolute Gasteiger partial charge is 0.316 e. The lowest BCUT2D eigenvalue weighted by Gasteiger charge is -2.28. The van der Waals surface area contributed by atoms with Crippen LogP contribution in [0.4, 0.5) is 5.69 Å². The molecule has 0 aliphatic heterocycles. The van der Waals surface area contributed by atoms with E-state index >= 15 is 0 Å². The maximum atomic E-state index is 5.74. The highest BCUT2D eigenvalue weighted by Gasteiger charge is 2.23. The van der Waals surface area contributed by atoms with Crippen molar-refractivity contribution in [2.45, 2.75) is 38.7 Å². The number of aromatic nitrogens is 2. The molecule has 1 aliphatic rings. The molecular weight excluding hydrogens is 190 g/mol. The van der Waals surface area contributed by atoms with Gasteiger partial charge in [-0.05, 0) is 25.2 Å². The van der Waals surface area contributed by atoms with Crippen LogP contribution in [0.1, 0.15) is 32.6 Å². The number of nitrogens with two attached hydrogens (primary N) is 1. The van der Waals surface area contributed by atoms with Gasteiger partial charge in [0.15, 0.2) is 0 Å². The van der Waals surface area contributed by atoms with Gasteiger partial charge < -0.3 is 10.5 Å². The van der Waals surface area contributed by atoms with Crippen LogP contribution in [0.15, 0.2) is 12.4 Å². The first-order valence-electron chi connectivity index (χ1n) is 5.50. The summed E-state index contributed by atoms with van der Waals surface area (Å²) in [6.07, 6.45) is 8.32. The molecule has 82 valence electrons. The molecule has 0 spiro atoms. The van der Waals surface area contributed by atoms with E-state index in [1.807, 2.05) is 0 Å². The predicted molar refractivity (Wildman–Crippen MR) is 58.5 cm³/mol. The summed E-state index contributed by atoms with van der Waals surface area (Å²) in [6, 6.07) is 0.447. The molecule has 0 radical (unpaired) electrons. The summed E-state index contributed by atoms with van der Waals surface area (Å²) in [5, 5.41) is 0. The van der Waals surface area contributed by atoms with Gasteiger partial charge in [0, 0.05) is 0 Å². The Balaban J connectivity index is 1.98. The molecule has 0 aromatic carbocycles. The molecule has 2 rings (SSSR count). The molecule has 4 nitrogen and oxygen atoms in total. The molecule has 1 aromatic rings. The molecule has 1 saturated carbocycles. The quantitative estimate of drug-likeness (QED) is 0.805. The van der Waals surface area contributed by atoms with Crippen molar-refractivity contribution in [3.05, 3.63) is 12.4 Å². The molecule has 2 unspecified atom stereocenters. The third-order valence-electron chi connectivity index (χ3n) is 2.94. The number of ether oxygens (including phenoxy) is 1. The van der Waals surface area contributed by atoms with Crippen molar-refractivity contribution in [2.75, 3.05) is 5.73 Å². The topological polar surface area (TPSA) is 61.0 Å². The van der Waals surface area contributed by atoms with Crippen molar-refractivity contribution in [1.82, 2.24) is 9.97 Å². The van der Waals surface area contributed by atoms with Crippen molar-refractivity contribution in [2.24, 2.45) is 5.92 Å². The monoisotopic (exact) mass is 207 g/mol. The minimum atomic E-state index is 0.266. The van der Waals surface area contributed by atoms with Crippen LogP contribution in [0.2, 0.25) is 0 Å². The highest BCUT2D eigenvalue weighted by atomic mass is 16.5. The van der Waals surface area contributed by atoms with Crippen LogP contribution in [0.25, 0.3) is 0 Å². The Morgan fingerprint density at radius 1 is 1.27 bits per heavy atom. The zero-order valence-electron chi connectivity index (χ0n) is 9.02. The molecule has 4 heteroatoms. The van der Waals surface area contributed by atoms with Gasteiger partial charge in [-0.25, -0.2) is 9.97 Å². The predicted octanol–water partition coefficient (Wildman–Crippen LogP) is 2.02. The van der Waals surface area contributed by atoms with Gasteiger partial charge in [-0.2, -0.15) is 0 Å². The Kier molecular flexibility index (Phi) is 3.04. The fourth-order valence-electron chi connectivity index (χ4n) is 1.98. The Bertz CT molecular complexity index is 312. The van der Waals surface area contributed by atoms with Crippen molar-refractivity contribution >= 4 is 5.69 Å². The van der Waals surface area contributed by atoms with Gasteiger partial charge in [-0.3, -0.25) is 0 Å². The van der Waals surface area contributed by atoms with Crippen LogP contribution >= 0.6 is 0 Å². The van der Waals surface area contributed by atoms with Gasteiger partial charge >= 0.3 is 6.01 Å². The van der Waals surface area contributed by atoms with Crippen LogP contribution in [0.5, 0.6) is 6.01 Å². The van der Waals surface area contributed by atoms with Gasteiger partial charge in [-0.15, -0.1) is 0 Å². The molecule has 0 amide bonds. The van der Waals surface area contributed by atoms with Gasteiger partial charge in [0.25, 0.3) is 0 Å². The van der Waals surface area contributed by atoms with Crippen LogP contribution in [0, 0.1) is 5.92 Å². The highest BCUT2D eigenvalue weighted by molar-refractivity contribution is 5.30. The molecule has 0 bridgehead atoms. The second-order valence-corrected chi connectivity index (χ2v) is 4.22. The second-order valence-electron chi connectivity index (χ2n) is 4.22. The summed E-state index contributed by atoms with van der Waals surface area (Å²) in [7, 11) is 0. The number of hydrogen-bond donors (Lipinski definition) is 1. The lowest BCUT2D eigenvalue weighted by molar-refractivity contribution is 0.0923. The Hall–Kier alpha value is -1.32. The summed E-state index contributed by atoms with van der Waals surface area (Å²) in [5.41, 5.74) is 6.08. The third-order valence-corrected chi connectivity index (χ3v) is 2.94. The summed E-state index contributed by atoms with van der Waals surface area (Å²) in [4.78, 5) is 8.10. The van der Waals surface area contributed by atoms with Gasteiger partial charge in [0.05, 0.1) is 18.1 Å². The Labute approximate surface area is 89.9 Å². The number of hydrogen-bond acceptors (Lipinski definition) is 4. The first kappa shape index (κ1) is 10.2. The van der Waals surface area contributed by atoms with Crippen LogP contribution in [0.3, 0.4) is 0 Å². The lowest BCUT2D eigenvalue weighted by atomic mass is 9.88. The number of nitrogens with zero attached hydrogens (tertiary/aromatic N) is 2. The van der Waals surface area contributed by atoms with E-state index in [0.717, 1.165) is 6.42 Å². The molecule has 2 atom stereocenters. The molecule has 1 heterocycles. The molecule has 0 saturated heterocycles. The van der Waals surface area contributed by atoms with E-state index in [0.29, 0.717) is 17.6 Å². The molecule has 2 N–H and O–H groups in total. The standard InChI is InChI=1S/C11H17N3O/c1-8-4-2-3-5-10(8)15-11-13-6-9(12)7-14-11/h6-8,10H,2-5,12H2,1H3. The molecule has 1 aliphatic carbocycles. The molecule has 15 heavy (non-hydrogen) atoms. The van der Waals surface area contributed by atoms with Crippen molar-refractivity contribution in [1.29, 1.82) is 0 Å². The van der Waals surface area contributed by atoms with Crippen molar-refractivity contribution in [3.8, 4) is 6.01 Å². The van der Waals surface area contributed by atoms with E-state index in [2.05, 4.69) is 16.9 Å². The second kappa shape index (κ2) is 4.47. The first-order valence-corrected chi connectivity index (χ1v) is 5.50. The molecule has 1 aromatic heterocycles. The van der Waals surface area contributed by atoms with Gasteiger partial charge in [-0.1, -0.05) is 13.3 Å². The maximum Gasteiger partial charge on any atom is 0.316 e. The summed E-state index contributed by atoms with van der Waals surface area (Å²) in [6.45, 7) is 2.22. The zero-order valence-corrected chi connectivity index (χ0v) is 9.02. The normalized spacial score (nSPS) is 26.2. The summed E-state index contributed by atoms with van der Waals surface area (Å²) in [5.74, 6) is 0.597. The van der Waals surface area contributed by atoms with Gasteiger partial charge in [0.1, 0.15) is 6.10 Å². The van der Waals surface area contributed by atoms with Crippen LogP contribution in [-0.4, -0.2) is 16.1 Å². The third kappa shape index (κ3) is 2.58. The van der Waals surface area contributed by atoms with Gasteiger partial charge in [0.2, 0.25) is 0 Å². The van der Waals surface area contributed by atoms with E-state index < -0.39 is 0 Å². The Morgan fingerprint density at radius 3 is 2.60 bits per heavy atom. The Morgan fingerprint density at radius 2 is 1.93 bits per heavy atom. The minimum Gasteiger partial charge on any atom is -0.460 e. The summed E-state index contributed by atoms with van der Waals surface area (Å²) < 4.78 is 5.74. The van der Waals surface area contributed by atoms with E-state index in [-0.39, 0.29) is 6.10 Å².